The Hall–Kier alpha value is -0.580. The van der Waals surface area contributed by atoms with E-state index >= 15 is 0 Å². The van der Waals surface area contributed by atoms with Crippen LogP contribution in [0.25, 0.3) is 0 Å². The summed E-state index contributed by atoms with van der Waals surface area (Å²) < 4.78 is 28.4. The van der Waals surface area contributed by atoms with E-state index in [9.17, 15) is 8.94 Å². The first kappa shape index (κ1) is 12.9. The van der Waals surface area contributed by atoms with Crippen LogP contribution < -0.4 is 4.72 Å². The SMILES string of the molecule is CC(C)(C)[S+]([O-])N[C@H]1CCc2c(F)cccc21. The fraction of sp³-hybridized carbons (Fsp3) is 0.538. The van der Waals surface area contributed by atoms with Crippen LogP contribution in [0.1, 0.15) is 44.4 Å². The van der Waals surface area contributed by atoms with Gasteiger partial charge in [-0.3, -0.25) is 0 Å². The van der Waals surface area contributed by atoms with Crippen molar-refractivity contribution in [2.45, 2.75) is 44.4 Å². The Morgan fingerprint density at radius 2 is 2.12 bits per heavy atom. The summed E-state index contributed by atoms with van der Waals surface area (Å²) in [4.78, 5) is 0. The number of hydrogen-bond acceptors (Lipinski definition) is 2. The molecule has 0 saturated heterocycles. The highest BCUT2D eigenvalue weighted by atomic mass is 32.2. The average molecular weight is 255 g/mol. The van der Waals surface area contributed by atoms with E-state index in [1.807, 2.05) is 26.8 Å². The van der Waals surface area contributed by atoms with Crippen molar-refractivity contribution < 1.29 is 8.94 Å². The van der Waals surface area contributed by atoms with E-state index in [4.69, 9.17) is 0 Å². The van der Waals surface area contributed by atoms with Gasteiger partial charge < -0.3 is 4.55 Å². The molecule has 0 radical (unpaired) electrons. The van der Waals surface area contributed by atoms with Crippen molar-refractivity contribution in [3.63, 3.8) is 0 Å². The quantitative estimate of drug-likeness (QED) is 0.825. The monoisotopic (exact) mass is 255 g/mol. The summed E-state index contributed by atoms with van der Waals surface area (Å²) in [6.07, 6.45) is 1.54. The summed E-state index contributed by atoms with van der Waals surface area (Å²) in [6, 6.07) is 5.14. The molecule has 1 N–H and O–H groups in total. The maximum Gasteiger partial charge on any atom is 0.136 e. The Morgan fingerprint density at radius 3 is 2.76 bits per heavy atom. The molecule has 1 aliphatic carbocycles. The van der Waals surface area contributed by atoms with Crippen molar-refractivity contribution in [3.8, 4) is 0 Å². The highest BCUT2D eigenvalue weighted by molar-refractivity contribution is 7.90. The molecule has 2 nitrogen and oxygen atoms in total. The van der Waals surface area contributed by atoms with Crippen LogP contribution in [0.15, 0.2) is 18.2 Å². The van der Waals surface area contributed by atoms with E-state index in [0.717, 1.165) is 24.0 Å². The van der Waals surface area contributed by atoms with Gasteiger partial charge in [0.15, 0.2) is 0 Å². The predicted molar refractivity (Wildman–Crippen MR) is 68.5 cm³/mol. The van der Waals surface area contributed by atoms with Gasteiger partial charge in [0.25, 0.3) is 0 Å². The fourth-order valence-electron chi connectivity index (χ4n) is 2.04. The second-order valence-electron chi connectivity index (χ2n) is 5.40. The highest BCUT2D eigenvalue weighted by Gasteiger charge is 2.33. The lowest BCUT2D eigenvalue weighted by atomic mass is 10.1. The highest BCUT2D eigenvalue weighted by Crippen LogP contribution is 2.34. The van der Waals surface area contributed by atoms with E-state index in [1.165, 1.54) is 6.07 Å². The summed E-state index contributed by atoms with van der Waals surface area (Å²) in [5.41, 5.74) is 1.73. The van der Waals surface area contributed by atoms with Gasteiger partial charge in [-0.2, -0.15) is 0 Å². The number of nitrogens with one attached hydrogen (secondary N) is 1. The smallest absolute Gasteiger partial charge is 0.136 e. The van der Waals surface area contributed by atoms with E-state index in [1.54, 1.807) is 6.07 Å². The molecule has 0 heterocycles. The molecule has 0 aliphatic heterocycles. The minimum absolute atomic E-state index is 0.0146. The number of rotatable bonds is 2. The zero-order valence-corrected chi connectivity index (χ0v) is 11.2. The van der Waals surface area contributed by atoms with Gasteiger partial charge in [-0.15, -0.1) is 4.72 Å². The molecule has 1 aromatic carbocycles. The Labute approximate surface area is 105 Å². The fourth-order valence-corrected chi connectivity index (χ4v) is 2.89. The van der Waals surface area contributed by atoms with Crippen LogP contribution >= 0.6 is 0 Å². The summed E-state index contributed by atoms with van der Waals surface area (Å²) in [5.74, 6) is -0.145. The molecule has 0 amide bonds. The first-order chi connectivity index (χ1) is 7.89. The van der Waals surface area contributed by atoms with Crippen LogP contribution in [0.2, 0.25) is 0 Å². The topological polar surface area (TPSA) is 35.1 Å². The molecule has 0 spiro atoms. The van der Waals surface area contributed by atoms with E-state index in [0.29, 0.717) is 0 Å². The molecule has 0 bridgehead atoms. The normalized spacial score (nSPS) is 21.4. The molecule has 2 atom stereocenters. The molecular formula is C13H18FNOS. The minimum Gasteiger partial charge on any atom is -0.598 e. The van der Waals surface area contributed by atoms with E-state index in [-0.39, 0.29) is 16.6 Å². The summed E-state index contributed by atoms with van der Waals surface area (Å²) >= 11 is -1.11. The molecule has 2 rings (SSSR count). The lowest BCUT2D eigenvalue weighted by Gasteiger charge is -2.26. The minimum atomic E-state index is -1.11. The maximum absolute atomic E-state index is 13.5. The summed E-state index contributed by atoms with van der Waals surface area (Å²) in [6.45, 7) is 5.78. The van der Waals surface area contributed by atoms with Gasteiger partial charge in [-0.1, -0.05) is 12.1 Å². The van der Waals surface area contributed by atoms with Crippen LogP contribution in [0, 0.1) is 5.82 Å². The van der Waals surface area contributed by atoms with Gasteiger partial charge >= 0.3 is 0 Å². The third kappa shape index (κ3) is 2.64. The standard InChI is InChI=1S/C13H18FNOS/c1-13(2,3)17(16)15-12-8-7-9-10(12)5-4-6-11(9)14/h4-6,12,15H,7-8H2,1-3H3/t12-,17?/m0/s1. The third-order valence-corrected chi connectivity index (χ3v) is 4.63. The molecule has 0 aromatic heterocycles. The van der Waals surface area contributed by atoms with Crippen LogP contribution in [0.5, 0.6) is 0 Å². The molecule has 17 heavy (non-hydrogen) atoms. The van der Waals surface area contributed by atoms with Crippen molar-refractivity contribution in [3.05, 3.63) is 35.1 Å². The second kappa shape index (κ2) is 4.59. The van der Waals surface area contributed by atoms with Gasteiger partial charge in [0, 0.05) is 11.4 Å². The Balaban J connectivity index is 2.15. The average Bonchev–Trinajstić information content (AvgIpc) is 2.62. The van der Waals surface area contributed by atoms with Gasteiger partial charge in [-0.05, 0) is 50.8 Å². The zero-order chi connectivity index (χ0) is 12.6. The molecule has 4 heteroatoms. The van der Waals surface area contributed by atoms with Crippen LogP contribution in [-0.2, 0) is 17.8 Å². The number of benzene rings is 1. The zero-order valence-electron chi connectivity index (χ0n) is 10.4. The molecule has 1 aromatic rings. The lowest BCUT2D eigenvalue weighted by Crippen LogP contribution is -2.40. The van der Waals surface area contributed by atoms with Gasteiger partial charge in [-0.25, -0.2) is 4.39 Å². The van der Waals surface area contributed by atoms with Crippen molar-refractivity contribution in [2.75, 3.05) is 0 Å². The predicted octanol–water partition coefficient (Wildman–Crippen LogP) is 2.86. The van der Waals surface area contributed by atoms with Gasteiger partial charge in [0.2, 0.25) is 0 Å². The Kier molecular flexibility index (Phi) is 3.48. The molecule has 0 saturated carbocycles. The summed E-state index contributed by atoms with van der Waals surface area (Å²) in [5, 5.41) is 0. The van der Waals surface area contributed by atoms with Gasteiger partial charge in [0.1, 0.15) is 10.6 Å². The largest absolute Gasteiger partial charge is 0.598 e. The molecule has 94 valence electrons. The van der Waals surface area contributed by atoms with Crippen molar-refractivity contribution in [2.24, 2.45) is 0 Å². The molecular weight excluding hydrogens is 237 g/mol. The van der Waals surface area contributed by atoms with Crippen molar-refractivity contribution in [1.29, 1.82) is 0 Å². The first-order valence-electron chi connectivity index (χ1n) is 5.85. The maximum atomic E-state index is 13.5. The first-order valence-corrected chi connectivity index (χ1v) is 7.00. The third-order valence-electron chi connectivity index (χ3n) is 3.02. The number of hydrogen-bond donors (Lipinski definition) is 1. The summed E-state index contributed by atoms with van der Waals surface area (Å²) in [7, 11) is 0. The second-order valence-corrected chi connectivity index (χ2v) is 7.40. The van der Waals surface area contributed by atoms with E-state index < -0.39 is 11.4 Å². The number of fused-ring (bicyclic) bond motifs is 1. The molecule has 0 fully saturated rings. The van der Waals surface area contributed by atoms with Gasteiger partial charge in [0.05, 0.1) is 6.04 Å². The van der Waals surface area contributed by atoms with Crippen LogP contribution in [0.3, 0.4) is 0 Å². The van der Waals surface area contributed by atoms with Crippen molar-refractivity contribution >= 4 is 11.4 Å². The molecule has 1 aliphatic rings. The Morgan fingerprint density at radius 1 is 1.41 bits per heavy atom. The van der Waals surface area contributed by atoms with Crippen LogP contribution in [-0.4, -0.2) is 9.30 Å². The Bertz CT molecular complexity index is 416. The lowest BCUT2D eigenvalue weighted by molar-refractivity contribution is 0.522. The molecule has 1 unspecified atom stereocenters. The van der Waals surface area contributed by atoms with Crippen molar-refractivity contribution in [1.82, 2.24) is 4.72 Å². The van der Waals surface area contributed by atoms with E-state index in [2.05, 4.69) is 4.72 Å². The number of halogens is 1. The van der Waals surface area contributed by atoms with Crippen LogP contribution in [0.4, 0.5) is 4.39 Å².